The Labute approximate surface area is 164 Å². The van der Waals surface area contributed by atoms with Crippen LogP contribution in [0.5, 0.6) is 5.75 Å². The molecule has 1 aliphatic heterocycles. The van der Waals surface area contributed by atoms with Crippen LogP contribution in [0, 0.1) is 0 Å². The number of benzene rings is 4. The summed E-state index contributed by atoms with van der Waals surface area (Å²) in [5, 5.41) is 10.2. The van der Waals surface area contributed by atoms with Gasteiger partial charge in [0.25, 0.3) is 0 Å². The summed E-state index contributed by atoms with van der Waals surface area (Å²) in [5.74, 6) is 0.306. The maximum atomic E-state index is 10.2. The van der Waals surface area contributed by atoms with E-state index in [4.69, 9.17) is 0 Å². The average molecular weight is 361 g/mol. The Hall–Kier alpha value is -3.52. The van der Waals surface area contributed by atoms with Gasteiger partial charge in [-0.1, -0.05) is 66.7 Å². The number of hydrogen-bond donors (Lipinski definition) is 1. The van der Waals surface area contributed by atoms with Gasteiger partial charge in [-0.3, -0.25) is 0 Å². The molecule has 1 aliphatic carbocycles. The van der Waals surface area contributed by atoms with Crippen LogP contribution in [0.2, 0.25) is 0 Å². The van der Waals surface area contributed by atoms with Gasteiger partial charge in [0.15, 0.2) is 0 Å². The Kier molecular flexibility index (Phi) is 2.92. The van der Waals surface area contributed by atoms with Gasteiger partial charge in [0.2, 0.25) is 0 Å². The first kappa shape index (κ1) is 15.5. The number of anilines is 2. The monoisotopic (exact) mass is 361 g/mol. The van der Waals surface area contributed by atoms with E-state index in [-0.39, 0.29) is 5.41 Å². The van der Waals surface area contributed by atoms with Crippen LogP contribution >= 0.6 is 0 Å². The highest BCUT2D eigenvalue weighted by Crippen LogP contribution is 2.62. The van der Waals surface area contributed by atoms with Crippen LogP contribution < -0.4 is 4.90 Å². The van der Waals surface area contributed by atoms with E-state index in [9.17, 15) is 5.11 Å². The van der Waals surface area contributed by atoms with E-state index in [1.54, 1.807) is 0 Å². The molecule has 0 amide bonds. The first-order valence-corrected chi connectivity index (χ1v) is 9.59. The number of para-hydroxylation sites is 2. The van der Waals surface area contributed by atoms with Gasteiger partial charge in [-0.15, -0.1) is 0 Å². The Morgan fingerprint density at radius 2 is 1.14 bits per heavy atom. The summed E-state index contributed by atoms with van der Waals surface area (Å²) < 4.78 is 0. The molecule has 0 fully saturated rings. The highest BCUT2D eigenvalue weighted by Gasteiger charge is 2.50. The van der Waals surface area contributed by atoms with Gasteiger partial charge in [0.1, 0.15) is 5.75 Å². The molecule has 0 bridgehead atoms. The fourth-order valence-corrected chi connectivity index (χ4v) is 5.29. The second-order valence-electron chi connectivity index (χ2n) is 7.62. The Morgan fingerprint density at radius 1 is 0.607 bits per heavy atom. The third-order valence-corrected chi connectivity index (χ3v) is 6.37. The molecule has 0 radical (unpaired) electrons. The largest absolute Gasteiger partial charge is 0.508 e. The first-order valence-electron chi connectivity index (χ1n) is 9.59. The van der Waals surface area contributed by atoms with Crippen molar-refractivity contribution in [2.45, 2.75) is 5.41 Å². The van der Waals surface area contributed by atoms with Crippen molar-refractivity contribution in [1.29, 1.82) is 0 Å². The Balaban J connectivity index is 1.86. The van der Waals surface area contributed by atoms with Crippen LogP contribution in [0.1, 0.15) is 22.3 Å². The van der Waals surface area contributed by atoms with Gasteiger partial charge >= 0.3 is 0 Å². The average Bonchev–Trinajstić information content (AvgIpc) is 3.03. The summed E-state index contributed by atoms with van der Waals surface area (Å²) in [6.07, 6.45) is 0. The lowest BCUT2D eigenvalue weighted by Crippen LogP contribution is -2.36. The van der Waals surface area contributed by atoms with Crippen LogP contribution in [-0.4, -0.2) is 12.2 Å². The van der Waals surface area contributed by atoms with Crippen molar-refractivity contribution in [3.63, 3.8) is 0 Å². The zero-order valence-corrected chi connectivity index (χ0v) is 15.6. The van der Waals surface area contributed by atoms with Gasteiger partial charge < -0.3 is 10.0 Å². The molecule has 1 spiro atoms. The van der Waals surface area contributed by atoms with Crippen molar-refractivity contribution in [2.75, 3.05) is 11.9 Å². The third-order valence-electron chi connectivity index (χ3n) is 6.37. The molecule has 2 heteroatoms. The zero-order chi connectivity index (χ0) is 18.9. The minimum Gasteiger partial charge on any atom is -0.508 e. The van der Waals surface area contributed by atoms with Gasteiger partial charge in [-0.2, -0.15) is 0 Å². The molecule has 4 aromatic carbocycles. The number of fused-ring (bicyclic) bond motifs is 9. The van der Waals surface area contributed by atoms with E-state index in [1.165, 1.54) is 39.2 Å². The van der Waals surface area contributed by atoms with Gasteiger partial charge in [-0.25, -0.2) is 0 Å². The SMILES string of the molecule is CN1c2ccccc2C2(c3ccccc3-c3cc(O)ccc32)c2ccccc21. The molecule has 4 aromatic rings. The zero-order valence-electron chi connectivity index (χ0n) is 15.6. The summed E-state index contributed by atoms with van der Waals surface area (Å²) >= 11 is 0. The van der Waals surface area contributed by atoms with E-state index < -0.39 is 0 Å². The van der Waals surface area contributed by atoms with Crippen molar-refractivity contribution in [3.05, 3.63) is 113 Å². The number of hydrogen-bond acceptors (Lipinski definition) is 2. The highest BCUT2D eigenvalue weighted by molar-refractivity contribution is 5.93. The maximum absolute atomic E-state index is 10.2. The van der Waals surface area contributed by atoms with Crippen LogP contribution in [0.15, 0.2) is 91.0 Å². The molecule has 134 valence electrons. The molecule has 1 N–H and O–H groups in total. The fourth-order valence-electron chi connectivity index (χ4n) is 5.29. The van der Waals surface area contributed by atoms with Gasteiger partial charge in [0, 0.05) is 18.4 Å². The highest BCUT2D eigenvalue weighted by atomic mass is 16.3. The minimum absolute atomic E-state index is 0.306. The molecular formula is C26H19NO. The third kappa shape index (κ3) is 1.68. The molecule has 0 aromatic heterocycles. The lowest BCUT2D eigenvalue weighted by Gasteiger charge is -2.43. The number of aromatic hydroxyl groups is 1. The van der Waals surface area contributed by atoms with E-state index in [0.29, 0.717) is 5.75 Å². The number of phenols is 1. The summed E-state index contributed by atoms with van der Waals surface area (Å²) in [5.41, 5.74) is 9.46. The maximum Gasteiger partial charge on any atom is 0.116 e. The molecule has 0 saturated carbocycles. The smallest absolute Gasteiger partial charge is 0.116 e. The molecule has 2 aliphatic rings. The number of nitrogens with zero attached hydrogens (tertiary/aromatic N) is 1. The molecule has 0 saturated heterocycles. The molecule has 6 rings (SSSR count). The second-order valence-corrected chi connectivity index (χ2v) is 7.62. The first-order chi connectivity index (χ1) is 13.7. The summed E-state index contributed by atoms with van der Waals surface area (Å²) in [6.45, 7) is 0. The molecule has 2 nitrogen and oxygen atoms in total. The number of phenolic OH excluding ortho intramolecular Hbond substituents is 1. The standard InChI is InChI=1S/C26H19NO/c1-27-24-12-6-4-10-22(24)26(23-11-5-7-13-25(23)27)20-9-3-2-8-18(20)19-16-17(28)14-15-21(19)26/h2-16,28H,1H3. The molecule has 28 heavy (non-hydrogen) atoms. The van der Waals surface area contributed by atoms with Crippen LogP contribution in [0.25, 0.3) is 11.1 Å². The van der Waals surface area contributed by atoms with Crippen LogP contribution in [-0.2, 0) is 5.41 Å². The topological polar surface area (TPSA) is 23.5 Å². The quantitative estimate of drug-likeness (QED) is 0.375. The minimum atomic E-state index is -0.376. The van der Waals surface area contributed by atoms with E-state index in [0.717, 1.165) is 5.56 Å². The predicted octanol–water partition coefficient (Wildman–Crippen LogP) is 5.84. The second kappa shape index (κ2) is 5.26. The summed E-state index contributed by atoms with van der Waals surface area (Å²) in [7, 11) is 2.14. The lowest BCUT2D eigenvalue weighted by molar-refractivity contribution is 0.475. The van der Waals surface area contributed by atoms with E-state index in [1.807, 2.05) is 12.1 Å². The van der Waals surface area contributed by atoms with Gasteiger partial charge in [-0.05, 0) is 57.6 Å². The normalized spacial score (nSPS) is 15.0. The molecule has 1 heterocycles. The van der Waals surface area contributed by atoms with E-state index in [2.05, 4.69) is 90.8 Å². The van der Waals surface area contributed by atoms with Crippen molar-refractivity contribution in [1.82, 2.24) is 0 Å². The van der Waals surface area contributed by atoms with Gasteiger partial charge in [0.05, 0.1) is 5.41 Å². The van der Waals surface area contributed by atoms with E-state index >= 15 is 0 Å². The molecular weight excluding hydrogens is 342 g/mol. The van der Waals surface area contributed by atoms with Crippen molar-refractivity contribution >= 4 is 11.4 Å². The molecule has 0 atom stereocenters. The van der Waals surface area contributed by atoms with Crippen molar-refractivity contribution in [2.24, 2.45) is 0 Å². The predicted molar refractivity (Wildman–Crippen MR) is 113 cm³/mol. The van der Waals surface area contributed by atoms with Crippen molar-refractivity contribution in [3.8, 4) is 16.9 Å². The molecule has 0 unspecified atom stereocenters. The van der Waals surface area contributed by atoms with Crippen LogP contribution in [0.4, 0.5) is 11.4 Å². The Morgan fingerprint density at radius 3 is 1.82 bits per heavy atom. The van der Waals surface area contributed by atoms with Crippen LogP contribution in [0.3, 0.4) is 0 Å². The summed E-state index contributed by atoms with van der Waals surface area (Å²) in [4.78, 5) is 2.29. The number of rotatable bonds is 0. The lowest BCUT2D eigenvalue weighted by atomic mass is 9.65. The Bertz CT molecular complexity index is 1210. The van der Waals surface area contributed by atoms with Crippen molar-refractivity contribution < 1.29 is 5.11 Å². The fraction of sp³-hybridized carbons (Fsp3) is 0.0769. The summed E-state index contributed by atoms with van der Waals surface area (Å²) in [6, 6.07) is 31.8.